The van der Waals surface area contributed by atoms with Gasteiger partial charge in [-0.25, -0.2) is 4.39 Å². The molecule has 0 radical (unpaired) electrons. The van der Waals surface area contributed by atoms with E-state index >= 15 is 0 Å². The molecule has 0 saturated heterocycles. The zero-order chi connectivity index (χ0) is 15.9. The number of benzene rings is 1. The van der Waals surface area contributed by atoms with Crippen molar-refractivity contribution in [3.8, 4) is 0 Å². The average molecular weight is 318 g/mol. The molecule has 0 aliphatic heterocycles. The van der Waals surface area contributed by atoms with E-state index in [-0.39, 0.29) is 5.82 Å². The second-order valence-corrected chi connectivity index (χ2v) is 5.96. The molecule has 0 saturated carbocycles. The Hall–Kier alpha value is -2.28. The molecule has 0 aliphatic carbocycles. The Morgan fingerprint density at radius 1 is 1.41 bits per heavy atom. The number of carbonyl (C=O) groups is 1. The number of fused-ring (bicyclic) bond motifs is 1. The van der Waals surface area contributed by atoms with Crippen LogP contribution >= 0.6 is 11.3 Å². The van der Waals surface area contributed by atoms with Gasteiger partial charge in [-0.1, -0.05) is 11.3 Å². The number of aromatic nitrogens is 3. The minimum atomic E-state index is -0.391. The number of rotatable bonds is 2. The van der Waals surface area contributed by atoms with Gasteiger partial charge >= 0.3 is 0 Å². The van der Waals surface area contributed by atoms with Crippen molar-refractivity contribution in [1.29, 1.82) is 0 Å². The number of carbonyl (C=O) groups excluding carboxylic acids is 1. The second kappa shape index (κ2) is 5.49. The lowest BCUT2D eigenvalue weighted by Crippen LogP contribution is -2.16. The Kier molecular flexibility index (Phi) is 3.66. The van der Waals surface area contributed by atoms with E-state index in [1.807, 2.05) is 18.4 Å². The van der Waals surface area contributed by atoms with Crippen LogP contribution in [-0.2, 0) is 13.6 Å². The van der Waals surface area contributed by atoms with Crippen molar-refractivity contribution in [2.75, 3.05) is 0 Å². The topological polar surface area (TPSA) is 52.2 Å². The highest BCUT2D eigenvalue weighted by Gasteiger charge is 2.12. The lowest BCUT2D eigenvalue weighted by atomic mass is 10.3. The molecular formula is C15H15FN4OS. The summed E-state index contributed by atoms with van der Waals surface area (Å²) in [6, 6.07) is 6.28. The Balaban J connectivity index is 2.14. The molecule has 1 aromatic carbocycles. The summed E-state index contributed by atoms with van der Waals surface area (Å²) in [6.07, 6.45) is 0. The van der Waals surface area contributed by atoms with Crippen LogP contribution in [0.15, 0.2) is 29.3 Å². The molecule has 7 heteroatoms. The molecule has 0 N–H and O–H groups in total. The van der Waals surface area contributed by atoms with Crippen molar-refractivity contribution >= 4 is 27.5 Å². The zero-order valence-electron chi connectivity index (χ0n) is 12.5. The third-order valence-corrected chi connectivity index (χ3v) is 4.53. The normalized spacial score (nSPS) is 12.3. The first-order valence-electron chi connectivity index (χ1n) is 6.88. The minimum absolute atomic E-state index is 0.296. The molecule has 0 bridgehead atoms. The SMILES string of the molecule is CCn1c(=NC(=O)c2cc(C)n(C)n2)sc2cc(F)ccc21. The van der Waals surface area contributed by atoms with Gasteiger partial charge in [0.25, 0.3) is 5.91 Å². The fourth-order valence-electron chi connectivity index (χ4n) is 2.25. The lowest BCUT2D eigenvalue weighted by Gasteiger charge is -1.99. The molecule has 5 nitrogen and oxygen atoms in total. The van der Waals surface area contributed by atoms with Crippen LogP contribution in [-0.4, -0.2) is 20.3 Å². The molecule has 0 spiro atoms. The molecule has 2 heterocycles. The van der Waals surface area contributed by atoms with Crippen molar-refractivity contribution in [3.05, 3.63) is 46.3 Å². The highest BCUT2D eigenvalue weighted by atomic mass is 32.1. The van der Waals surface area contributed by atoms with Crippen LogP contribution in [0.1, 0.15) is 23.1 Å². The van der Waals surface area contributed by atoms with E-state index in [0.29, 0.717) is 17.0 Å². The fourth-order valence-corrected chi connectivity index (χ4v) is 3.36. The van der Waals surface area contributed by atoms with Gasteiger partial charge in [0, 0.05) is 19.3 Å². The van der Waals surface area contributed by atoms with Gasteiger partial charge in [0.05, 0.1) is 10.2 Å². The minimum Gasteiger partial charge on any atom is -0.317 e. The maximum absolute atomic E-state index is 13.3. The van der Waals surface area contributed by atoms with Gasteiger partial charge in [-0.2, -0.15) is 10.1 Å². The summed E-state index contributed by atoms with van der Waals surface area (Å²) in [4.78, 5) is 17.0. The van der Waals surface area contributed by atoms with E-state index in [9.17, 15) is 9.18 Å². The number of nitrogens with zero attached hydrogens (tertiary/aromatic N) is 4. The van der Waals surface area contributed by atoms with E-state index in [2.05, 4.69) is 10.1 Å². The van der Waals surface area contributed by atoms with Gasteiger partial charge in [0.1, 0.15) is 5.82 Å². The second-order valence-electron chi connectivity index (χ2n) is 4.95. The van der Waals surface area contributed by atoms with Gasteiger partial charge < -0.3 is 4.57 Å². The van der Waals surface area contributed by atoms with E-state index < -0.39 is 5.91 Å². The summed E-state index contributed by atoms with van der Waals surface area (Å²) in [5.74, 6) is -0.687. The highest BCUT2D eigenvalue weighted by molar-refractivity contribution is 7.16. The number of halogens is 1. The number of hydrogen-bond acceptors (Lipinski definition) is 3. The summed E-state index contributed by atoms with van der Waals surface area (Å²) in [7, 11) is 1.78. The third kappa shape index (κ3) is 2.48. The van der Waals surface area contributed by atoms with Crippen LogP contribution < -0.4 is 4.80 Å². The first-order valence-corrected chi connectivity index (χ1v) is 7.70. The Labute approximate surface area is 130 Å². The van der Waals surface area contributed by atoms with Crippen molar-refractivity contribution in [3.63, 3.8) is 0 Å². The molecular weight excluding hydrogens is 303 g/mol. The van der Waals surface area contributed by atoms with Crippen LogP contribution in [0.25, 0.3) is 10.2 Å². The van der Waals surface area contributed by atoms with Crippen LogP contribution in [0.5, 0.6) is 0 Å². The summed E-state index contributed by atoms with van der Waals surface area (Å²) in [5, 5.41) is 4.14. The standard InChI is InChI=1S/C15H15FN4OS/c1-4-20-12-6-5-10(16)8-13(12)22-15(20)17-14(21)11-7-9(2)19(3)18-11/h5-8H,4H2,1-3H3. The van der Waals surface area contributed by atoms with Crippen molar-refractivity contribution in [2.45, 2.75) is 20.4 Å². The summed E-state index contributed by atoms with van der Waals surface area (Å²) < 4.78 is 17.6. The van der Waals surface area contributed by atoms with Gasteiger partial charge in [-0.15, -0.1) is 0 Å². The molecule has 0 atom stereocenters. The van der Waals surface area contributed by atoms with Crippen LogP contribution in [0.3, 0.4) is 0 Å². The summed E-state index contributed by atoms with van der Waals surface area (Å²) in [6.45, 7) is 4.49. The maximum atomic E-state index is 13.3. The predicted molar refractivity (Wildman–Crippen MR) is 83.3 cm³/mol. The number of amides is 1. The Morgan fingerprint density at radius 2 is 2.18 bits per heavy atom. The monoisotopic (exact) mass is 318 g/mol. The Bertz CT molecular complexity index is 915. The number of hydrogen-bond donors (Lipinski definition) is 0. The first-order chi connectivity index (χ1) is 10.5. The van der Waals surface area contributed by atoms with Gasteiger partial charge in [0.15, 0.2) is 10.5 Å². The number of thiazole rings is 1. The largest absolute Gasteiger partial charge is 0.317 e. The maximum Gasteiger partial charge on any atom is 0.300 e. The summed E-state index contributed by atoms with van der Waals surface area (Å²) >= 11 is 1.30. The zero-order valence-corrected chi connectivity index (χ0v) is 13.3. The third-order valence-electron chi connectivity index (χ3n) is 3.49. The van der Waals surface area contributed by atoms with Crippen LogP contribution in [0.4, 0.5) is 4.39 Å². The molecule has 22 heavy (non-hydrogen) atoms. The van der Waals surface area contributed by atoms with Crippen molar-refractivity contribution in [2.24, 2.45) is 12.0 Å². The summed E-state index contributed by atoms with van der Waals surface area (Å²) in [5.41, 5.74) is 2.07. The quantitative estimate of drug-likeness (QED) is 0.729. The van der Waals surface area contributed by atoms with Crippen LogP contribution in [0.2, 0.25) is 0 Å². The van der Waals surface area contributed by atoms with Gasteiger partial charge in [-0.05, 0) is 38.1 Å². The fraction of sp³-hybridized carbons (Fsp3) is 0.267. The molecule has 2 aromatic heterocycles. The average Bonchev–Trinajstić information content (AvgIpc) is 2.98. The highest BCUT2D eigenvalue weighted by Crippen LogP contribution is 2.18. The molecule has 1 amide bonds. The van der Waals surface area contributed by atoms with E-state index in [4.69, 9.17) is 0 Å². The molecule has 3 aromatic rings. The van der Waals surface area contributed by atoms with E-state index in [0.717, 1.165) is 15.9 Å². The van der Waals surface area contributed by atoms with Gasteiger partial charge in [0.2, 0.25) is 0 Å². The first kappa shape index (κ1) is 14.6. The molecule has 0 fully saturated rings. The van der Waals surface area contributed by atoms with Crippen LogP contribution in [0, 0.1) is 12.7 Å². The molecule has 0 unspecified atom stereocenters. The number of aryl methyl sites for hydroxylation is 3. The molecule has 0 aliphatic rings. The predicted octanol–water partition coefficient (Wildman–Crippen LogP) is 2.64. The van der Waals surface area contributed by atoms with Crippen molar-refractivity contribution in [1.82, 2.24) is 14.3 Å². The van der Waals surface area contributed by atoms with E-state index in [1.165, 1.54) is 23.5 Å². The lowest BCUT2D eigenvalue weighted by molar-refractivity contribution is 0.0992. The molecule has 3 rings (SSSR count). The Morgan fingerprint density at radius 3 is 2.82 bits per heavy atom. The smallest absolute Gasteiger partial charge is 0.300 e. The van der Waals surface area contributed by atoms with Crippen molar-refractivity contribution < 1.29 is 9.18 Å². The van der Waals surface area contributed by atoms with Gasteiger partial charge in [-0.3, -0.25) is 9.48 Å². The molecule has 114 valence electrons. The van der Waals surface area contributed by atoms with E-state index in [1.54, 1.807) is 23.9 Å².